The minimum Gasteiger partial charge on any atom is -0.408 e. The second kappa shape index (κ2) is 5.36. The highest BCUT2D eigenvalue weighted by Crippen LogP contribution is 2.24. The summed E-state index contributed by atoms with van der Waals surface area (Å²) >= 11 is 0. The van der Waals surface area contributed by atoms with Crippen molar-refractivity contribution in [2.24, 2.45) is 0 Å². The first-order valence-corrected chi connectivity index (χ1v) is 8.44. The molecule has 108 valence electrons. The number of hydrogen-bond donors (Lipinski definition) is 0. The molecule has 0 radical (unpaired) electrons. The molecule has 20 heavy (non-hydrogen) atoms. The molecule has 0 saturated carbocycles. The lowest BCUT2D eigenvalue weighted by Gasteiger charge is -2.09. The van der Waals surface area contributed by atoms with Gasteiger partial charge in [-0.2, -0.15) is 4.98 Å². The number of aryl methyl sites for hydroxylation is 1. The molecule has 1 aromatic carbocycles. The Morgan fingerprint density at radius 1 is 1.30 bits per heavy atom. The van der Waals surface area contributed by atoms with Gasteiger partial charge in [-0.15, -0.1) is 0 Å². The van der Waals surface area contributed by atoms with Crippen LogP contribution in [0.1, 0.15) is 31.0 Å². The average molecular weight is 295 g/mol. The van der Waals surface area contributed by atoms with E-state index in [1.54, 1.807) is 6.07 Å². The van der Waals surface area contributed by atoms with Crippen LogP contribution in [0.15, 0.2) is 27.4 Å². The van der Waals surface area contributed by atoms with Gasteiger partial charge in [0.1, 0.15) is 15.4 Å². The Labute approximate surface area is 117 Å². The molecule has 0 aliphatic rings. The third-order valence-electron chi connectivity index (χ3n) is 3.06. The molecule has 0 fully saturated rings. The van der Waals surface area contributed by atoms with Gasteiger partial charge in [-0.05, 0) is 24.0 Å². The quantitative estimate of drug-likeness (QED) is 0.861. The predicted octanol–water partition coefficient (Wildman–Crippen LogP) is 1.90. The maximum absolute atomic E-state index is 11.6. The molecule has 0 unspecified atom stereocenters. The molecule has 1 heterocycles. The molecule has 0 saturated heterocycles. The molecule has 2 rings (SSSR count). The Balaban J connectivity index is 2.60. The Morgan fingerprint density at radius 3 is 2.60 bits per heavy atom. The van der Waals surface area contributed by atoms with Gasteiger partial charge in [-0.1, -0.05) is 26.0 Å². The van der Waals surface area contributed by atoms with Gasteiger partial charge in [0.2, 0.25) is 0 Å². The summed E-state index contributed by atoms with van der Waals surface area (Å²) in [5.41, 5.74) is 1.84. The molecule has 0 atom stereocenters. The Bertz CT molecular complexity index is 790. The van der Waals surface area contributed by atoms with Crippen LogP contribution in [0.25, 0.3) is 11.0 Å². The van der Waals surface area contributed by atoms with Gasteiger partial charge in [-0.3, -0.25) is 0 Å². The van der Waals surface area contributed by atoms with Gasteiger partial charge < -0.3 is 4.42 Å². The van der Waals surface area contributed by atoms with E-state index in [2.05, 4.69) is 4.98 Å². The number of fused-ring (bicyclic) bond motifs is 1. The summed E-state index contributed by atoms with van der Waals surface area (Å²) in [7, 11) is -3.06. The second-order valence-electron chi connectivity index (χ2n) is 5.19. The molecule has 0 spiro atoms. The highest BCUT2D eigenvalue weighted by molar-refractivity contribution is 7.90. The second-order valence-corrected chi connectivity index (χ2v) is 7.45. The summed E-state index contributed by atoms with van der Waals surface area (Å²) in [6.45, 7) is 3.90. The standard InChI is InChI=1S/C14H17NO4S/c1-9(2)12-11-6-4-5-10(7-8-20(3,17)18)13(11)19-14(16)15-12/h4-6,9H,7-8H2,1-3H3. The van der Waals surface area contributed by atoms with E-state index in [9.17, 15) is 13.2 Å². The van der Waals surface area contributed by atoms with Crippen LogP contribution in [0.2, 0.25) is 0 Å². The van der Waals surface area contributed by atoms with E-state index in [0.717, 1.165) is 5.39 Å². The molecular weight excluding hydrogens is 278 g/mol. The zero-order valence-corrected chi connectivity index (χ0v) is 12.5. The van der Waals surface area contributed by atoms with Crippen molar-refractivity contribution in [3.05, 3.63) is 40.0 Å². The van der Waals surface area contributed by atoms with Crippen molar-refractivity contribution in [2.75, 3.05) is 12.0 Å². The van der Waals surface area contributed by atoms with Gasteiger partial charge in [0.15, 0.2) is 0 Å². The number of rotatable bonds is 4. The zero-order valence-electron chi connectivity index (χ0n) is 11.7. The summed E-state index contributed by atoms with van der Waals surface area (Å²) < 4.78 is 27.7. The zero-order chi connectivity index (χ0) is 14.9. The van der Waals surface area contributed by atoms with Gasteiger partial charge >= 0.3 is 5.76 Å². The Hall–Kier alpha value is -1.69. The van der Waals surface area contributed by atoms with Crippen LogP contribution in [0, 0.1) is 0 Å². The molecule has 2 aromatic rings. The fraction of sp³-hybridized carbons (Fsp3) is 0.429. The third kappa shape index (κ3) is 3.25. The van der Waals surface area contributed by atoms with Crippen molar-refractivity contribution in [1.29, 1.82) is 0 Å². The molecule has 0 amide bonds. The van der Waals surface area contributed by atoms with Crippen LogP contribution in [0.5, 0.6) is 0 Å². The van der Waals surface area contributed by atoms with Crippen LogP contribution in [0.4, 0.5) is 0 Å². The summed E-state index contributed by atoms with van der Waals surface area (Å²) in [6, 6.07) is 5.44. The molecule has 6 heteroatoms. The highest BCUT2D eigenvalue weighted by Gasteiger charge is 2.14. The van der Waals surface area contributed by atoms with E-state index in [4.69, 9.17) is 4.42 Å². The van der Waals surface area contributed by atoms with Crippen LogP contribution in [-0.2, 0) is 16.3 Å². The minimum atomic E-state index is -3.06. The van der Waals surface area contributed by atoms with Crippen molar-refractivity contribution in [2.45, 2.75) is 26.2 Å². The average Bonchev–Trinajstić information content (AvgIpc) is 2.34. The first-order valence-electron chi connectivity index (χ1n) is 6.38. The van der Waals surface area contributed by atoms with Crippen molar-refractivity contribution >= 4 is 20.8 Å². The maximum Gasteiger partial charge on any atom is 0.439 e. The van der Waals surface area contributed by atoms with Crippen molar-refractivity contribution in [3.63, 3.8) is 0 Å². The molecule has 5 nitrogen and oxygen atoms in total. The third-order valence-corrected chi connectivity index (χ3v) is 4.01. The van der Waals surface area contributed by atoms with Gasteiger partial charge in [0.05, 0.1) is 11.4 Å². The summed E-state index contributed by atoms with van der Waals surface area (Å²) in [6.07, 6.45) is 1.51. The highest BCUT2D eigenvalue weighted by atomic mass is 32.2. The Kier molecular flexibility index (Phi) is 3.94. The molecule has 1 aromatic heterocycles. The first kappa shape index (κ1) is 14.7. The topological polar surface area (TPSA) is 77.2 Å². The fourth-order valence-electron chi connectivity index (χ4n) is 2.11. The smallest absolute Gasteiger partial charge is 0.408 e. The fourth-order valence-corrected chi connectivity index (χ4v) is 2.70. The maximum atomic E-state index is 11.6. The largest absolute Gasteiger partial charge is 0.439 e. The molecule has 0 aliphatic carbocycles. The summed E-state index contributed by atoms with van der Waals surface area (Å²) in [5, 5.41) is 0.769. The normalized spacial score (nSPS) is 12.2. The van der Waals surface area contributed by atoms with E-state index in [-0.39, 0.29) is 11.7 Å². The minimum absolute atomic E-state index is 0.0230. The predicted molar refractivity (Wildman–Crippen MR) is 77.8 cm³/mol. The van der Waals surface area contributed by atoms with E-state index in [0.29, 0.717) is 23.3 Å². The van der Waals surface area contributed by atoms with Gasteiger partial charge in [0, 0.05) is 11.6 Å². The van der Waals surface area contributed by atoms with Crippen molar-refractivity contribution < 1.29 is 12.8 Å². The Morgan fingerprint density at radius 2 is 2.00 bits per heavy atom. The van der Waals surface area contributed by atoms with E-state index in [1.807, 2.05) is 26.0 Å². The number of benzene rings is 1. The lowest BCUT2D eigenvalue weighted by Crippen LogP contribution is -2.11. The number of nitrogens with zero attached hydrogens (tertiary/aromatic N) is 1. The monoisotopic (exact) mass is 295 g/mol. The SMILES string of the molecule is CC(C)c1nc(=O)oc2c(CCS(C)(=O)=O)cccc12. The van der Waals surface area contributed by atoms with E-state index < -0.39 is 15.6 Å². The van der Waals surface area contributed by atoms with E-state index in [1.165, 1.54) is 6.26 Å². The molecular formula is C14H17NO4S. The number of hydrogen-bond acceptors (Lipinski definition) is 5. The van der Waals surface area contributed by atoms with Crippen LogP contribution >= 0.6 is 0 Å². The summed E-state index contributed by atoms with van der Waals surface area (Å²) in [5.74, 6) is -0.533. The van der Waals surface area contributed by atoms with Crippen LogP contribution in [0.3, 0.4) is 0 Å². The number of aromatic nitrogens is 1. The lowest BCUT2D eigenvalue weighted by atomic mass is 10.0. The van der Waals surface area contributed by atoms with Gasteiger partial charge in [0.25, 0.3) is 0 Å². The summed E-state index contributed by atoms with van der Waals surface area (Å²) in [4.78, 5) is 15.5. The van der Waals surface area contributed by atoms with Crippen molar-refractivity contribution in [1.82, 2.24) is 4.98 Å². The molecule has 0 aliphatic heterocycles. The van der Waals surface area contributed by atoms with Gasteiger partial charge in [-0.25, -0.2) is 13.2 Å². The first-order chi connectivity index (χ1) is 9.28. The number of sulfone groups is 1. The molecule has 0 N–H and O–H groups in total. The van der Waals surface area contributed by atoms with E-state index >= 15 is 0 Å². The lowest BCUT2D eigenvalue weighted by molar-refractivity contribution is 0.520. The van der Waals surface area contributed by atoms with Crippen molar-refractivity contribution in [3.8, 4) is 0 Å². The van der Waals surface area contributed by atoms with Crippen LogP contribution < -0.4 is 5.76 Å². The molecule has 0 bridgehead atoms. The number of para-hydroxylation sites is 1. The van der Waals surface area contributed by atoms with Crippen LogP contribution in [-0.4, -0.2) is 25.4 Å².